The molecule has 0 saturated carbocycles. The standard InChI is InChI=1S/C7H12IN5/c1-2-4(8)5-6(9)11-3-12-7(5)13-10/h3-4H,2,10H2,1H3,(H3,9,11,12,13). The van der Waals surface area contributed by atoms with Crippen LogP contribution in [0.2, 0.25) is 0 Å². The van der Waals surface area contributed by atoms with Crippen LogP contribution in [0.1, 0.15) is 22.8 Å². The second-order valence-electron chi connectivity index (χ2n) is 2.54. The summed E-state index contributed by atoms with van der Waals surface area (Å²) in [4.78, 5) is 7.92. The number of hydrogen-bond acceptors (Lipinski definition) is 5. The summed E-state index contributed by atoms with van der Waals surface area (Å²) in [5.74, 6) is 6.41. The molecule has 5 nitrogen and oxygen atoms in total. The zero-order valence-corrected chi connectivity index (χ0v) is 9.45. The van der Waals surface area contributed by atoms with Crippen LogP contribution in [0, 0.1) is 0 Å². The summed E-state index contributed by atoms with van der Waals surface area (Å²) in [7, 11) is 0. The van der Waals surface area contributed by atoms with E-state index in [4.69, 9.17) is 11.6 Å². The summed E-state index contributed by atoms with van der Waals surface area (Å²) in [6.45, 7) is 2.07. The van der Waals surface area contributed by atoms with Gasteiger partial charge in [0.15, 0.2) is 0 Å². The zero-order chi connectivity index (χ0) is 9.84. The normalized spacial score (nSPS) is 12.5. The minimum absolute atomic E-state index is 0.282. The van der Waals surface area contributed by atoms with Crippen LogP contribution in [0.25, 0.3) is 0 Å². The lowest BCUT2D eigenvalue weighted by atomic mass is 10.1. The third-order valence-corrected chi connectivity index (χ3v) is 3.23. The van der Waals surface area contributed by atoms with Gasteiger partial charge in [-0.3, -0.25) is 0 Å². The molecule has 1 unspecified atom stereocenters. The lowest BCUT2D eigenvalue weighted by molar-refractivity contribution is 0.910. The van der Waals surface area contributed by atoms with Gasteiger partial charge < -0.3 is 11.2 Å². The van der Waals surface area contributed by atoms with Crippen molar-refractivity contribution in [1.29, 1.82) is 0 Å². The SMILES string of the molecule is CCC(I)c1c(N)ncnc1NN. The Morgan fingerprint density at radius 2 is 2.31 bits per heavy atom. The highest BCUT2D eigenvalue weighted by atomic mass is 127. The molecule has 0 bridgehead atoms. The van der Waals surface area contributed by atoms with Crippen molar-refractivity contribution in [3.63, 3.8) is 0 Å². The Hall–Kier alpha value is -0.630. The van der Waals surface area contributed by atoms with Crippen molar-refractivity contribution < 1.29 is 0 Å². The largest absolute Gasteiger partial charge is 0.383 e. The van der Waals surface area contributed by atoms with Gasteiger partial charge in [0.1, 0.15) is 18.0 Å². The number of aromatic nitrogens is 2. The summed E-state index contributed by atoms with van der Waals surface area (Å²) in [5.41, 5.74) is 9.12. The quantitative estimate of drug-likeness (QED) is 0.337. The number of halogens is 1. The predicted octanol–water partition coefficient (Wildman–Crippen LogP) is 1.23. The molecule has 5 N–H and O–H groups in total. The molecule has 0 radical (unpaired) electrons. The third kappa shape index (κ3) is 2.19. The van der Waals surface area contributed by atoms with E-state index in [9.17, 15) is 0 Å². The number of rotatable bonds is 3. The highest BCUT2D eigenvalue weighted by Gasteiger charge is 2.15. The minimum atomic E-state index is 0.282. The Balaban J connectivity index is 3.14. The Kier molecular flexibility index (Phi) is 3.67. The van der Waals surface area contributed by atoms with E-state index in [1.165, 1.54) is 6.33 Å². The average molecular weight is 293 g/mol. The fourth-order valence-corrected chi connectivity index (χ4v) is 1.65. The molecule has 72 valence electrons. The van der Waals surface area contributed by atoms with Gasteiger partial charge in [0.2, 0.25) is 0 Å². The fourth-order valence-electron chi connectivity index (χ4n) is 1.04. The second-order valence-corrected chi connectivity index (χ2v) is 4.04. The van der Waals surface area contributed by atoms with Gasteiger partial charge >= 0.3 is 0 Å². The maximum absolute atomic E-state index is 5.72. The van der Waals surface area contributed by atoms with Gasteiger partial charge in [-0.2, -0.15) is 0 Å². The van der Waals surface area contributed by atoms with E-state index in [0.717, 1.165) is 12.0 Å². The van der Waals surface area contributed by atoms with E-state index < -0.39 is 0 Å². The van der Waals surface area contributed by atoms with Gasteiger partial charge in [-0.1, -0.05) is 29.5 Å². The van der Waals surface area contributed by atoms with Crippen molar-refractivity contribution in [1.82, 2.24) is 9.97 Å². The van der Waals surface area contributed by atoms with Gasteiger partial charge in [0, 0.05) is 3.92 Å². The van der Waals surface area contributed by atoms with Crippen LogP contribution >= 0.6 is 22.6 Å². The van der Waals surface area contributed by atoms with E-state index in [1.807, 2.05) is 0 Å². The molecule has 1 aromatic heterocycles. The van der Waals surface area contributed by atoms with Gasteiger partial charge in [-0.25, -0.2) is 15.8 Å². The van der Waals surface area contributed by atoms with Crippen LogP contribution in [0.15, 0.2) is 6.33 Å². The number of nitrogens with two attached hydrogens (primary N) is 2. The lowest BCUT2D eigenvalue weighted by Gasteiger charge is -2.13. The smallest absolute Gasteiger partial charge is 0.149 e. The molecule has 0 aliphatic heterocycles. The molecular formula is C7H12IN5. The van der Waals surface area contributed by atoms with Crippen LogP contribution in [-0.4, -0.2) is 9.97 Å². The topological polar surface area (TPSA) is 89.8 Å². The van der Waals surface area contributed by atoms with E-state index in [-0.39, 0.29) is 3.92 Å². The number of anilines is 2. The fraction of sp³-hybridized carbons (Fsp3) is 0.429. The van der Waals surface area contributed by atoms with Gasteiger partial charge in [-0.05, 0) is 6.42 Å². The first-order valence-electron chi connectivity index (χ1n) is 3.91. The molecule has 0 amide bonds. The Bertz CT molecular complexity index is 290. The van der Waals surface area contributed by atoms with Gasteiger partial charge in [0.25, 0.3) is 0 Å². The van der Waals surface area contributed by atoms with Crippen LogP contribution in [0.4, 0.5) is 11.6 Å². The molecule has 0 aliphatic carbocycles. The molecule has 0 aromatic carbocycles. The van der Waals surface area contributed by atoms with Crippen molar-refractivity contribution in [3.05, 3.63) is 11.9 Å². The number of nitrogen functional groups attached to an aromatic ring is 2. The molecular weight excluding hydrogens is 281 g/mol. The van der Waals surface area contributed by atoms with Crippen molar-refractivity contribution in [3.8, 4) is 0 Å². The lowest BCUT2D eigenvalue weighted by Crippen LogP contribution is -2.14. The Labute approximate surface area is 90.4 Å². The molecule has 0 saturated heterocycles. The van der Waals surface area contributed by atoms with E-state index in [0.29, 0.717) is 11.6 Å². The second kappa shape index (κ2) is 4.56. The summed E-state index contributed by atoms with van der Waals surface area (Å²) in [5, 5.41) is 0. The van der Waals surface area contributed by atoms with Crippen molar-refractivity contribution >= 4 is 34.2 Å². The van der Waals surface area contributed by atoms with Crippen molar-refractivity contribution in [2.75, 3.05) is 11.2 Å². The molecule has 0 spiro atoms. The molecule has 1 heterocycles. The molecule has 0 aliphatic rings. The molecule has 1 aromatic rings. The minimum Gasteiger partial charge on any atom is -0.383 e. The number of nitrogens with zero attached hydrogens (tertiary/aromatic N) is 2. The summed E-state index contributed by atoms with van der Waals surface area (Å²) < 4.78 is 0.282. The maximum Gasteiger partial charge on any atom is 0.149 e. The number of hydrazine groups is 1. The number of nitrogens with one attached hydrogen (secondary N) is 1. The number of alkyl halides is 1. The summed E-state index contributed by atoms with van der Waals surface area (Å²) in [6, 6.07) is 0. The van der Waals surface area contributed by atoms with Crippen LogP contribution < -0.4 is 17.0 Å². The first kappa shape index (κ1) is 10.5. The van der Waals surface area contributed by atoms with Crippen LogP contribution in [0.3, 0.4) is 0 Å². The van der Waals surface area contributed by atoms with E-state index in [2.05, 4.69) is 44.9 Å². The first-order chi connectivity index (χ1) is 6.20. The van der Waals surface area contributed by atoms with Crippen LogP contribution in [0.5, 0.6) is 0 Å². The number of hydrogen-bond donors (Lipinski definition) is 3. The van der Waals surface area contributed by atoms with Gasteiger partial charge in [0.05, 0.1) is 5.56 Å². The zero-order valence-electron chi connectivity index (χ0n) is 7.29. The molecule has 13 heavy (non-hydrogen) atoms. The average Bonchev–Trinajstić information content (AvgIpc) is 2.16. The third-order valence-electron chi connectivity index (χ3n) is 1.72. The first-order valence-corrected chi connectivity index (χ1v) is 5.16. The summed E-state index contributed by atoms with van der Waals surface area (Å²) >= 11 is 2.29. The van der Waals surface area contributed by atoms with E-state index >= 15 is 0 Å². The highest BCUT2D eigenvalue weighted by Crippen LogP contribution is 2.33. The molecule has 1 rings (SSSR count). The highest BCUT2D eigenvalue weighted by molar-refractivity contribution is 14.1. The molecule has 6 heteroatoms. The van der Waals surface area contributed by atoms with Crippen molar-refractivity contribution in [2.45, 2.75) is 17.3 Å². The Morgan fingerprint density at radius 3 is 2.85 bits per heavy atom. The Morgan fingerprint density at radius 1 is 1.62 bits per heavy atom. The monoisotopic (exact) mass is 293 g/mol. The maximum atomic E-state index is 5.72. The van der Waals surface area contributed by atoms with Crippen LogP contribution in [-0.2, 0) is 0 Å². The summed E-state index contributed by atoms with van der Waals surface area (Å²) in [6.07, 6.45) is 2.36. The van der Waals surface area contributed by atoms with Gasteiger partial charge in [-0.15, -0.1) is 0 Å². The van der Waals surface area contributed by atoms with Crippen molar-refractivity contribution in [2.24, 2.45) is 5.84 Å². The molecule has 0 fully saturated rings. The van der Waals surface area contributed by atoms with E-state index in [1.54, 1.807) is 0 Å². The molecule has 1 atom stereocenters. The predicted molar refractivity (Wildman–Crippen MR) is 61.3 cm³/mol.